The molecule has 0 atom stereocenters. The normalized spacial score (nSPS) is 19.8. The highest BCUT2D eigenvalue weighted by molar-refractivity contribution is 7.15. The molecule has 118 valence electrons. The van der Waals surface area contributed by atoms with Gasteiger partial charge in [-0.15, -0.1) is 11.3 Å². The summed E-state index contributed by atoms with van der Waals surface area (Å²) in [6.45, 7) is 5.01. The Balaban J connectivity index is 1.66. The summed E-state index contributed by atoms with van der Waals surface area (Å²) in [5, 5.41) is 4.75. The van der Waals surface area contributed by atoms with Gasteiger partial charge in [0, 0.05) is 44.1 Å². The molecule has 0 amide bonds. The molecule has 2 fully saturated rings. The van der Waals surface area contributed by atoms with Crippen LogP contribution in [0.25, 0.3) is 0 Å². The molecule has 1 aliphatic carbocycles. The lowest BCUT2D eigenvalue weighted by Crippen LogP contribution is -2.23. The maximum atomic E-state index is 5.10. The van der Waals surface area contributed by atoms with Crippen LogP contribution in [0.3, 0.4) is 0 Å². The highest BCUT2D eigenvalue weighted by atomic mass is 32.1. The second-order valence-corrected chi connectivity index (χ2v) is 7.21. The largest absolute Gasteiger partial charge is 0.383 e. The second-order valence-electron chi connectivity index (χ2n) is 6.15. The standard InChI is InChI=1S/C16H27N3OS/c1-20-11-8-17-12-14-15(13-6-7-13)18-16(21-14)19-9-4-2-3-5-10-19/h13,17H,2-12H2,1H3. The van der Waals surface area contributed by atoms with Gasteiger partial charge in [0.15, 0.2) is 5.13 Å². The number of methoxy groups -OCH3 is 1. The van der Waals surface area contributed by atoms with Gasteiger partial charge in [0.1, 0.15) is 0 Å². The zero-order valence-electron chi connectivity index (χ0n) is 13.1. The Morgan fingerprint density at radius 1 is 1.24 bits per heavy atom. The lowest BCUT2D eigenvalue weighted by Gasteiger charge is -2.18. The van der Waals surface area contributed by atoms with Gasteiger partial charge in [-0.25, -0.2) is 4.98 Å². The van der Waals surface area contributed by atoms with E-state index in [1.54, 1.807) is 7.11 Å². The number of hydrogen-bond acceptors (Lipinski definition) is 5. The molecule has 1 aliphatic heterocycles. The van der Waals surface area contributed by atoms with Crippen molar-refractivity contribution in [3.63, 3.8) is 0 Å². The molecule has 1 aromatic rings. The third-order valence-corrected chi connectivity index (χ3v) is 5.46. The van der Waals surface area contributed by atoms with E-state index >= 15 is 0 Å². The Morgan fingerprint density at radius 3 is 2.67 bits per heavy atom. The van der Waals surface area contributed by atoms with Crippen molar-refractivity contribution in [1.82, 2.24) is 10.3 Å². The molecule has 2 aliphatic rings. The van der Waals surface area contributed by atoms with Gasteiger partial charge < -0.3 is 15.0 Å². The number of aromatic nitrogens is 1. The van der Waals surface area contributed by atoms with Gasteiger partial charge in [0.25, 0.3) is 0 Å². The molecule has 0 radical (unpaired) electrons. The minimum Gasteiger partial charge on any atom is -0.383 e. The van der Waals surface area contributed by atoms with Crippen LogP contribution in [0.2, 0.25) is 0 Å². The third kappa shape index (κ3) is 4.18. The van der Waals surface area contributed by atoms with Gasteiger partial charge in [-0.1, -0.05) is 12.8 Å². The molecule has 0 spiro atoms. The third-order valence-electron chi connectivity index (χ3n) is 4.33. The maximum Gasteiger partial charge on any atom is 0.185 e. The molecule has 3 rings (SSSR count). The highest BCUT2D eigenvalue weighted by Gasteiger charge is 2.30. The Hall–Kier alpha value is -0.650. The minimum absolute atomic E-state index is 0.737. The van der Waals surface area contributed by atoms with Crippen molar-refractivity contribution in [1.29, 1.82) is 0 Å². The molecule has 1 saturated carbocycles. The summed E-state index contributed by atoms with van der Waals surface area (Å²) in [7, 11) is 1.75. The summed E-state index contributed by atoms with van der Waals surface area (Å²) < 4.78 is 5.10. The smallest absolute Gasteiger partial charge is 0.185 e. The lowest BCUT2D eigenvalue weighted by molar-refractivity contribution is 0.199. The van der Waals surface area contributed by atoms with E-state index in [9.17, 15) is 0 Å². The highest BCUT2D eigenvalue weighted by Crippen LogP contribution is 2.44. The van der Waals surface area contributed by atoms with Crippen molar-refractivity contribution >= 4 is 16.5 Å². The summed E-state index contributed by atoms with van der Waals surface area (Å²) >= 11 is 1.91. The van der Waals surface area contributed by atoms with Crippen LogP contribution in [-0.4, -0.2) is 38.3 Å². The van der Waals surface area contributed by atoms with Gasteiger partial charge in [0.2, 0.25) is 0 Å². The van der Waals surface area contributed by atoms with Gasteiger partial charge in [-0.2, -0.15) is 0 Å². The van der Waals surface area contributed by atoms with Gasteiger partial charge in [0.05, 0.1) is 12.3 Å². The summed E-state index contributed by atoms with van der Waals surface area (Å²) in [5.41, 5.74) is 1.38. The number of nitrogens with one attached hydrogen (secondary N) is 1. The zero-order chi connectivity index (χ0) is 14.5. The number of nitrogens with zero attached hydrogens (tertiary/aromatic N) is 2. The Kier molecular flexibility index (Phi) is 5.49. The van der Waals surface area contributed by atoms with Crippen molar-refractivity contribution in [3.8, 4) is 0 Å². The second kappa shape index (κ2) is 7.56. The average Bonchev–Trinajstić information content (AvgIpc) is 3.29. The first-order valence-corrected chi connectivity index (χ1v) is 9.14. The average molecular weight is 309 g/mol. The molecule has 2 heterocycles. The summed E-state index contributed by atoms with van der Waals surface area (Å²) in [6, 6.07) is 0. The van der Waals surface area contributed by atoms with Crippen LogP contribution in [0.4, 0.5) is 5.13 Å². The van der Waals surface area contributed by atoms with E-state index in [-0.39, 0.29) is 0 Å². The van der Waals surface area contributed by atoms with E-state index < -0.39 is 0 Å². The number of thiazole rings is 1. The molecule has 1 aromatic heterocycles. The molecule has 1 N–H and O–H groups in total. The predicted molar refractivity (Wildman–Crippen MR) is 88.4 cm³/mol. The molecule has 0 aromatic carbocycles. The molecule has 5 heteroatoms. The van der Waals surface area contributed by atoms with Gasteiger partial charge in [-0.05, 0) is 25.7 Å². The molecule has 4 nitrogen and oxygen atoms in total. The SMILES string of the molecule is COCCNCc1sc(N2CCCCCC2)nc1C1CC1. The molecule has 0 bridgehead atoms. The number of hydrogen-bond donors (Lipinski definition) is 1. The fourth-order valence-electron chi connectivity index (χ4n) is 2.93. The van der Waals surface area contributed by atoms with E-state index in [4.69, 9.17) is 9.72 Å². The fourth-order valence-corrected chi connectivity index (χ4v) is 4.09. The topological polar surface area (TPSA) is 37.4 Å². The number of rotatable bonds is 7. The fraction of sp³-hybridized carbons (Fsp3) is 0.812. The van der Waals surface area contributed by atoms with Crippen LogP contribution < -0.4 is 10.2 Å². The summed E-state index contributed by atoms with van der Waals surface area (Å²) in [4.78, 5) is 8.98. The molecule has 21 heavy (non-hydrogen) atoms. The number of anilines is 1. The first-order chi connectivity index (χ1) is 10.4. The maximum absolute atomic E-state index is 5.10. The van der Waals surface area contributed by atoms with Crippen LogP contribution in [0.5, 0.6) is 0 Å². The van der Waals surface area contributed by atoms with Crippen LogP contribution in [0.15, 0.2) is 0 Å². The van der Waals surface area contributed by atoms with E-state index in [2.05, 4.69) is 10.2 Å². The van der Waals surface area contributed by atoms with E-state index in [1.165, 1.54) is 67.3 Å². The van der Waals surface area contributed by atoms with Crippen molar-refractivity contribution in [2.24, 2.45) is 0 Å². The molecular weight excluding hydrogens is 282 g/mol. The van der Waals surface area contributed by atoms with E-state index in [1.807, 2.05) is 11.3 Å². The quantitative estimate of drug-likeness (QED) is 0.785. The monoisotopic (exact) mass is 309 g/mol. The molecule has 0 unspecified atom stereocenters. The van der Waals surface area contributed by atoms with Gasteiger partial charge in [-0.3, -0.25) is 0 Å². The van der Waals surface area contributed by atoms with Crippen molar-refractivity contribution in [2.75, 3.05) is 38.3 Å². The summed E-state index contributed by atoms with van der Waals surface area (Å²) in [5.74, 6) is 0.737. The van der Waals surface area contributed by atoms with Gasteiger partial charge >= 0.3 is 0 Å². The van der Waals surface area contributed by atoms with Crippen LogP contribution in [0.1, 0.15) is 55.0 Å². The van der Waals surface area contributed by atoms with Crippen LogP contribution >= 0.6 is 11.3 Å². The van der Waals surface area contributed by atoms with Crippen LogP contribution in [-0.2, 0) is 11.3 Å². The Bertz CT molecular complexity index is 437. The molecule has 1 saturated heterocycles. The first-order valence-electron chi connectivity index (χ1n) is 8.32. The lowest BCUT2D eigenvalue weighted by atomic mass is 10.2. The molecular formula is C16H27N3OS. The minimum atomic E-state index is 0.737. The van der Waals surface area contributed by atoms with Crippen molar-refractivity contribution in [3.05, 3.63) is 10.6 Å². The zero-order valence-corrected chi connectivity index (χ0v) is 13.9. The van der Waals surface area contributed by atoms with E-state index in [0.29, 0.717) is 0 Å². The van der Waals surface area contributed by atoms with Crippen LogP contribution in [0, 0.1) is 0 Å². The predicted octanol–water partition coefficient (Wildman–Crippen LogP) is 3.14. The van der Waals surface area contributed by atoms with Crippen molar-refractivity contribution in [2.45, 2.75) is 51.0 Å². The van der Waals surface area contributed by atoms with Crippen molar-refractivity contribution < 1.29 is 4.74 Å². The first kappa shape index (κ1) is 15.3. The number of ether oxygens (including phenoxy) is 1. The summed E-state index contributed by atoms with van der Waals surface area (Å²) in [6.07, 6.45) is 8.05. The Morgan fingerprint density at radius 2 is 2.00 bits per heavy atom. The Labute approximate surface area is 131 Å². The van der Waals surface area contributed by atoms with E-state index in [0.717, 1.165) is 25.6 Å².